The van der Waals surface area contributed by atoms with E-state index in [-0.39, 0.29) is 5.56 Å². The summed E-state index contributed by atoms with van der Waals surface area (Å²) in [6.45, 7) is 4.45. The van der Waals surface area contributed by atoms with Gasteiger partial charge in [0.05, 0.1) is 5.56 Å². The highest BCUT2D eigenvalue weighted by Crippen LogP contribution is 2.32. The topological polar surface area (TPSA) is 78.8 Å². The van der Waals surface area contributed by atoms with Gasteiger partial charge in [-0.05, 0) is 38.5 Å². The van der Waals surface area contributed by atoms with E-state index in [9.17, 15) is 32.6 Å². The summed E-state index contributed by atoms with van der Waals surface area (Å²) in [6.07, 6.45) is -8.94. The summed E-state index contributed by atoms with van der Waals surface area (Å²) in [4.78, 5) is 11.4. The lowest BCUT2D eigenvalue weighted by molar-refractivity contribution is -0.140. The standard InChI is InChI=1S/C15H19F4NO4/c1-14(2,3)24-13(23)20-7-11(21)12(22)8-4-5-9(10(16)6-8)15(17,18)19/h4-6,11-12,21-22H,7H2,1-3H3,(H,20,23). The molecule has 0 saturated carbocycles. The van der Waals surface area contributed by atoms with Gasteiger partial charge in [-0.15, -0.1) is 0 Å². The number of halogens is 4. The molecule has 2 atom stereocenters. The fourth-order valence-electron chi connectivity index (χ4n) is 1.78. The lowest BCUT2D eigenvalue weighted by Gasteiger charge is -2.22. The van der Waals surface area contributed by atoms with Crippen LogP contribution in [0.15, 0.2) is 18.2 Å². The van der Waals surface area contributed by atoms with Crippen LogP contribution in [0.1, 0.15) is 38.0 Å². The average molecular weight is 353 g/mol. The Morgan fingerprint density at radius 2 is 1.83 bits per heavy atom. The fraction of sp³-hybridized carbons (Fsp3) is 0.533. The molecule has 1 rings (SSSR count). The Morgan fingerprint density at radius 3 is 2.29 bits per heavy atom. The highest BCUT2D eigenvalue weighted by molar-refractivity contribution is 5.67. The van der Waals surface area contributed by atoms with Crippen molar-refractivity contribution in [2.24, 2.45) is 0 Å². The highest BCUT2D eigenvalue weighted by Gasteiger charge is 2.34. The van der Waals surface area contributed by atoms with Crippen molar-refractivity contribution in [3.63, 3.8) is 0 Å². The summed E-state index contributed by atoms with van der Waals surface area (Å²) >= 11 is 0. The quantitative estimate of drug-likeness (QED) is 0.728. The van der Waals surface area contributed by atoms with Gasteiger partial charge >= 0.3 is 12.3 Å². The number of rotatable bonds is 4. The number of hydrogen-bond acceptors (Lipinski definition) is 4. The van der Waals surface area contributed by atoms with Gasteiger partial charge in [-0.1, -0.05) is 6.07 Å². The summed E-state index contributed by atoms with van der Waals surface area (Å²) in [5.41, 5.74) is -2.48. The van der Waals surface area contributed by atoms with Gasteiger partial charge < -0.3 is 20.3 Å². The second-order valence-corrected chi connectivity index (χ2v) is 6.13. The third-order valence-electron chi connectivity index (χ3n) is 2.86. The molecule has 0 saturated heterocycles. The number of ether oxygens (including phenoxy) is 1. The Labute approximate surface area is 136 Å². The molecule has 1 aromatic carbocycles. The van der Waals surface area contributed by atoms with Crippen molar-refractivity contribution in [2.75, 3.05) is 6.54 Å². The smallest absolute Gasteiger partial charge is 0.419 e. The number of alkyl halides is 3. The van der Waals surface area contributed by atoms with Gasteiger partial charge in [-0.2, -0.15) is 13.2 Å². The molecule has 0 bridgehead atoms. The SMILES string of the molecule is CC(C)(C)OC(=O)NCC(O)C(O)c1ccc(C(F)(F)F)c(F)c1. The number of nitrogens with one attached hydrogen (secondary N) is 1. The van der Waals surface area contributed by atoms with E-state index < -0.39 is 48.0 Å². The van der Waals surface area contributed by atoms with Crippen LogP contribution in [0.3, 0.4) is 0 Å². The third-order valence-corrected chi connectivity index (χ3v) is 2.86. The third kappa shape index (κ3) is 5.97. The first-order valence-corrected chi connectivity index (χ1v) is 7.01. The van der Waals surface area contributed by atoms with Crippen molar-refractivity contribution >= 4 is 6.09 Å². The first-order chi connectivity index (χ1) is 10.8. The monoisotopic (exact) mass is 353 g/mol. The van der Waals surface area contributed by atoms with Gasteiger partial charge in [0.25, 0.3) is 0 Å². The van der Waals surface area contributed by atoms with Gasteiger partial charge in [0, 0.05) is 6.54 Å². The summed E-state index contributed by atoms with van der Waals surface area (Å²) in [5, 5.41) is 21.8. The minimum Gasteiger partial charge on any atom is -0.444 e. The van der Waals surface area contributed by atoms with Gasteiger partial charge in [0.15, 0.2) is 0 Å². The van der Waals surface area contributed by atoms with Crippen molar-refractivity contribution in [1.29, 1.82) is 0 Å². The van der Waals surface area contributed by atoms with Gasteiger partial charge in [0.1, 0.15) is 23.6 Å². The minimum atomic E-state index is -4.86. The maximum atomic E-state index is 13.5. The van der Waals surface area contributed by atoms with Crippen LogP contribution in [-0.4, -0.2) is 34.6 Å². The second-order valence-electron chi connectivity index (χ2n) is 6.13. The van der Waals surface area contributed by atoms with Crippen molar-refractivity contribution in [3.05, 3.63) is 35.1 Å². The van der Waals surface area contributed by atoms with E-state index in [0.29, 0.717) is 12.1 Å². The van der Waals surface area contributed by atoms with E-state index in [1.54, 1.807) is 20.8 Å². The maximum Gasteiger partial charge on any atom is 0.419 e. The van der Waals surface area contributed by atoms with Crippen LogP contribution in [0.2, 0.25) is 0 Å². The first kappa shape index (κ1) is 20.2. The molecule has 0 aliphatic carbocycles. The highest BCUT2D eigenvalue weighted by atomic mass is 19.4. The molecular weight excluding hydrogens is 334 g/mol. The number of alkyl carbamates (subject to hydrolysis) is 1. The maximum absolute atomic E-state index is 13.5. The predicted octanol–water partition coefficient (Wildman–Crippen LogP) is 2.76. The lowest BCUT2D eigenvalue weighted by Crippen LogP contribution is -2.38. The molecule has 1 amide bonds. The molecule has 9 heteroatoms. The molecule has 0 aromatic heterocycles. The van der Waals surface area contributed by atoms with Crippen LogP contribution >= 0.6 is 0 Å². The molecule has 5 nitrogen and oxygen atoms in total. The molecule has 0 aliphatic heterocycles. The van der Waals surface area contributed by atoms with Crippen LogP contribution in [-0.2, 0) is 10.9 Å². The fourth-order valence-corrected chi connectivity index (χ4v) is 1.78. The molecule has 24 heavy (non-hydrogen) atoms. The van der Waals surface area contributed by atoms with Crippen LogP contribution in [0.5, 0.6) is 0 Å². The molecular formula is C15H19F4NO4. The normalized spacial score (nSPS) is 14.9. The van der Waals surface area contributed by atoms with Crippen molar-refractivity contribution in [2.45, 2.75) is 44.8 Å². The predicted molar refractivity (Wildman–Crippen MR) is 76.6 cm³/mol. The molecule has 0 fully saturated rings. The van der Waals surface area contributed by atoms with E-state index in [1.807, 2.05) is 0 Å². The van der Waals surface area contributed by atoms with E-state index in [1.165, 1.54) is 0 Å². The number of amides is 1. The summed E-state index contributed by atoms with van der Waals surface area (Å²) < 4.78 is 55.8. The van der Waals surface area contributed by atoms with Crippen LogP contribution in [0, 0.1) is 5.82 Å². The van der Waals surface area contributed by atoms with E-state index in [2.05, 4.69) is 5.32 Å². The Kier molecular flexibility index (Phi) is 6.18. The van der Waals surface area contributed by atoms with Crippen molar-refractivity contribution in [1.82, 2.24) is 5.32 Å². The van der Waals surface area contributed by atoms with E-state index >= 15 is 0 Å². The zero-order valence-electron chi connectivity index (χ0n) is 13.3. The molecule has 2 unspecified atom stereocenters. The average Bonchev–Trinajstić information content (AvgIpc) is 2.40. The second kappa shape index (κ2) is 7.35. The molecule has 0 aliphatic rings. The number of carbonyl (C=O) groups excluding carboxylic acids is 1. The molecule has 136 valence electrons. The number of carbonyl (C=O) groups is 1. The lowest BCUT2D eigenvalue weighted by atomic mass is 10.0. The van der Waals surface area contributed by atoms with Crippen molar-refractivity contribution in [3.8, 4) is 0 Å². The van der Waals surface area contributed by atoms with Gasteiger partial charge in [-0.3, -0.25) is 0 Å². The number of aliphatic hydroxyl groups excluding tert-OH is 2. The van der Waals surface area contributed by atoms with E-state index in [0.717, 1.165) is 6.07 Å². The summed E-state index contributed by atoms with van der Waals surface area (Å²) in [5.74, 6) is -1.56. The summed E-state index contributed by atoms with van der Waals surface area (Å²) in [6, 6.07) is 1.82. The molecule has 0 heterocycles. The van der Waals surface area contributed by atoms with Gasteiger partial charge in [0.2, 0.25) is 0 Å². The van der Waals surface area contributed by atoms with Crippen molar-refractivity contribution < 1.29 is 37.3 Å². The Balaban J connectivity index is 2.71. The zero-order chi connectivity index (χ0) is 18.7. The van der Waals surface area contributed by atoms with Crippen LogP contribution in [0.25, 0.3) is 0 Å². The zero-order valence-corrected chi connectivity index (χ0v) is 13.3. The molecule has 1 aromatic rings. The minimum absolute atomic E-state index is 0.251. The Hall–Kier alpha value is -1.87. The molecule has 3 N–H and O–H groups in total. The largest absolute Gasteiger partial charge is 0.444 e. The summed E-state index contributed by atoms with van der Waals surface area (Å²) in [7, 11) is 0. The van der Waals surface area contributed by atoms with Crippen LogP contribution < -0.4 is 5.32 Å². The van der Waals surface area contributed by atoms with Gasteiger partial charge in [-0.25, -0.2) is 9.18 Å². The van der Waals surface area contributed by atoms with E-state index in [4.69, 9.17) is 4.74 Å². The molecule has 0 radical (unpaired) electrons. The Bertz CT molecular complexity index is 584. The number of hydrogen-bond donors (Lipinski definition) is 3. The number of aliphatic hydroxyl groups is 2. The first-order valence-electron chi connectivity index (χ1n) is 7.01. The van der Waals surface area contributed by atoms with Crippen LogP contribution in [0.4, 0.5) is 22.4 Å². The Morgan fingerprint density at radius 1 is 1.25 bits per heavy atom. The molecule has 0 spiro atoms. The number of benzene rings is 1.